The van der Waals surface area contributed by atoms with Gasteiger partial charge < -0.3 is 0 Å². The first-order chi connectivity index (χ1) is 11.4. The van der Waals surface area contributed by atoms with Gasteiger partial charge in [-0.05, 0) is 25.5 Å². The molecular weight excluding hydrogens is 365 g/mol. The van der Waals surface area contributed by atoms with Crippen LogP contribution in [0.4, 0.5) is 5.13 Å². The van der Waals surface area contributed by atoms with E-state index in [1.165, 1.54) is 29.2 Å². The van der Waals surface area contributed by atoms with Crippen LogP contribution in [-0.2, 0) is 0 Å². The van der Waals surface area contributed by atoms with E-state index in [-0.39, 0.29) is 16.1 Å². The van der Waals surface area contributed by atoms with Gasteiger partial charge in [-0.15, -0.1) is 11.3 Å². The smallest absolute Gasteiger partial charge is 0.259 e. The number of anilines is 1. The molecule has 2 heterocycles. The van der Waals surface area contributed by atoms with E-state index in [9.17, 15) is 4.79 Å². The number of amides is 1. The van der Waals surface area contributed by atoms with E-state index in [4.69, 9.17) is 23.2 Å². The molecule has 1 aromatic carbocycles. The van der Waals surface area contributed by atoms with Gasteiger partial charge in [0.1, 0.15) is 5.15 Å². The van der Waals surface area contributed by atoms with Crippen molar-refractivity contribution in [3.05, 3.63) is 62.7 Å². The van der Waals surface area contributed by atoms with Crippen molar-refractivity contribution < 1.29 is 4.79 Å². The molecule has 7 heteroatoms. The largest absolute Gasteiger partial charge is 0.298 e. The molecule has 0 aliphatic carbocycles. The van der Waals surface area contributed by atoms with Crippen LogP contribution in [0.5, 0.6) is 0 Å². The maximum Gasteiger partial charge on any atom is 0.259 e. The Balaban J connectivity index is 1.80. The predicted molar refractivity (Wildman–Crippen MR) is 99.2 cm³/mol. The van der Waals surface area contributed by atoms with Gasteiger partial charge in [-0.2, -0.15) is 0 Å². The van der Waals surface area contributed by atoms with E-state index in [0.29, 0.717) is 10.7 Å². The maximum atomic E-state index is 12.2. The first-order valence-electron chi connectivity index (χ1n) is 7.09. The van der Waals surface area contributed by atoms with Crippen molar-refractivity contribution in [3.8, 4) is 11.3 Å². The molecule has 4 nitrogen and oxygen atoms in total. The maximum absolute atomic E-state index is 12.2. The van der Waals surface area contributed by atoms with Gasteiger partial charge in [-0.25, -0.2) is 9.97 Å². The van der Waals surface area contributed by atoms with Gasteiger partial charge in [0.25, 0.3) is 5.91 Å². The number of thiazole rings is 1. The summed E-state index contributed by atoms with van der Waals surface area (Å²) in [4.78, 5) is 20.6. The lowest BCUT2D eigenvalue weighted by molar-refractivity contribution is 0.102. The molecule has 3 aromatic rings. The number of carbonyl (C=O) groups is 1. The molecule has 0 aliphatic heterocycles. The molecule has 0 fully saturated rings. The highest BCUT2D eigenvalue weighted by Gasteiger charge is 2.13. The summed E-state index contributed by atoms with van der Waals surface area (Å²) in [6.45, 7) is 4.09. The predicted octanol–water partition coefficient (Wildman–Crippen LogP) is 5.38. The Morgan fingerprint density at radius 1 is 1.21 bits per heavy atom. The van der Waals surface area contributed by atoms with Crippen molar-refractivity contribution in [2.45, 2.75) is 13.8 Å². The molecule has 0 saturated carbocycles. The third-order valence-corrected chi connectivity index (χ3v) is 4.88. The number of nitrogens with one attached hydrogen (secondary N) is 1. The number of hydrogen-bond acceptors (Lipinski definition) is 4. The average molecular weight is 378 g/mol. The summed E-state index contributed by atoms with van der Waals surface area (Å²) in [5.41, 5.74) is 4.56. The Hall–Kier alpha value is -1.95. The minimum absolute atomic E-state index is 0.166. The zero-order valence-electron chi connectivity index (χ0n) is 12.9. The van der Waals surface area contributed by atoms with Crippen molar-refractivity contribution in [3.63, 3.8) is 0 Å². The molecule has 0 bridgehead atoms. The number of carbonyl (C=O) groups excluding carboxylic acids is 1. The van der Waals surface area contributed by atoms with Crippen molar-refractivity contribution >= 4 is 45.6 Å². The second kappa shape index (κ2) is 6.89. The number of halogens is 2. The van der Waals surface area contributed by atoms with E-state index in [1.54, 1.807) is 0 Å². The molecule has 0 saturated heterocycles. The third kappa shape index (κ3) is 3.59. The van der Waals surface area contributed by atoms with E-state index in [0.717, 1.165) is 16.8 Å². The molecule has 0 spiro atoms. The second-order valence-corrected chi connectivity index (χ2v) is 6.93. The van der Waals surface area contributed by atoms with Gasteiger partial charge in [0.05, 0.1) is 16.3 Å². The van der Waals surface area contributed by atoms with E-state index in [2.05, 4.69) is 28.3 Å². The van der Waals surface area contributed by atoms with Crippen LogP contribution in [0.2, 0.25) is 10.2 Å². The number of pyridine rings is 1. The summed E-state index contributed by atoms with van der Waals surface area (Å²) in [6, 6.07) is 7.66. The fourth-order valence-electron chi connectivity index (χ4n) is 2.27. The Kier molecular flexibility index (Phi) is 4.85. The van der Waals surface area contributed by atoms with Crippen molar-refractivity contribution in [1.82, 2.24) is 9.97 Å². The van der Waals surface area contributed by atoms with Gasteiger partial charge in [-0.3, -0.25) is 10.1 Å². The SMILES string of the molecule is Cc1ccc(-c2csc(NC(=O)c3cnc(Cl)c(Cl)c3)n2)c(C)c1. The number of nitrogens with zero attached hydrogens (tertiary/aromatic N) is 2. The first kappa shape index (κ1) is 16.9. The summed E-state index contributed by atoms with van der Waals surface area (Å²) in [5.74, 6) is -0.331. The Labute approximate surface area is 153 Å². The van der Waals surface area contributed by atoms with Crippen LogP contribution in [0, 0.1) is 13.8 Å². The molecule has 0 radical (unpaired) electrons. The van der Waals surface area contributed by atoms with Crippen molar-refractivity contribution in [1.29, 1.82) is 0 Å². The highest BCUT2D eigenvalue weighted by atomic mass is 35.5. The minimum Gasteiger partial charge on any atom is -0.298 e. The van der Waals surface area contributed by atoms with Gasteiger partial charge >= 0.3 is 0 Å². The molecule has 1 amide bonds. The molecule has 122 valence electrons. The molecular formula is C17H13Cl2N3OS. The highest BCUT2D eigenvalue weighted by Crippen LogP contribution is 2.28. The van der Waals surface area contributed by atoms with E-state index in [1.807, 2.05) is 24.4 Å². The summed E-state index contributed by atoms with van der Waals surface area (Å²) in [7, 11) is 0. The lowest BCUT2D eigenvalue weighted by Crippen LogP contribution is -2.12. The Bertz CT molecular complexity index is 924. The summed E-state index contributed by atoms with van der Waals surface area (Å²) >= 11 is 13.0. The van der Waals surface area contributed by atoms with Crippen LogP contribution in [0.25, 0.3) is 11.3 Å². The van der Waals surface area contributed by atoms with Crippen molar-refractivity contribution in [2.75, 3.05) is 5.32 Å². The van der Waals surface area contributed by atoms with E-state index < -0.39 is 0 Å². The van der Waals surface area contributed by atoms with E-state index >= 15 is 0 Å². The first-order valence-corrected chi connectivity index (χ1v) is 8.73. The number of aromatic nitrogens is 2. The Morgan fingerprint density at radius 3 is 2.71 bits per heavy atom. The molecule has 0 aliphatic rings. The molecule has 1 N–H and O–H groups in total. The topological polar surface area (TPSA) is 54.9 Å². The Morgan fingerprint density at radius 2 is 2.00 bits per heavy atom. The third-order valence-electron chi connectivity index (χ3n) is 3.44. The number of hydrogen-bond donors (Lipinski definition) is 1. The number of benzene rings is 1. The van der Waals surface area contributed by atoms with Crippen LogP contribution in [0.15, 0.2) is 35.8 Å². The molecule has 24 heavy (non-hydrogen) atoms. The number of rotatable bonds is 3. The molecule has 0 atom stereocenters. The van der Waals surface area contributed by atoms with Gasteiger partial charge in [0, 0.05) is 17.1 Å². The second-order valence-electron chi connectivity index (χ2n) is 5.31. The summed E-state index contributed by atoms with van der Waals surface area (Å²) in [5, 5.41) is 5.59. The lowest BCUT2D eigenvalue weighted by atomic mass is 10.0. The van der Waals surface area contributed by atoms with Gasteiger partial charge in [0.15, 0.2) is 5.13 Å². The monoisotopic (exact) mass is 377 g/mol. The lowest BCUT2D eigenvalue weighted by Gasteiger charge is -2.04. The standard InChI is InChI=1S/C17H13Cl2N3OS/c1-9-3-4-12(10(2)5-9)14-8-24-17(21-14)22-16(23)11-6-13(18)15(19)20-7-11/h3-8H,1-2H3,(H,21,22,23). The quantitative estimate of drug-likeness (QED) is 0.623. The zero-order chi connectivity index (χ0) is 17.3. The van der Waals surface area contributed by atoms with Crippen LogP contribution >= 0.6 is 34.5 Å². The molecule has 0 unspecified atom stereocenters. The van der Waals surface area contributed by atoms with Gasteiger partial charge in [0.2, 0.25) is 0 Å². The van der Waals surface area contributed by atoms with Crippen LogP contribution in [0.3, 0.4) is 0 Å². The zero-order valence-corrected chi connectivity index (χ0v) is 15.3. The molecule has 2 aromatic heterocycles. The van der Waals surface area contributed by atoms with Gasteiger partial charge in [-0.1, -0.05) is 47.0 Å². The minimum atomic E-state index is -0.331. The summed E-state index contributed by atoms with van der Waals surface area (Å²) in [6.07, 6.45) is 1.38. The van der Waals surface area contributed by atoms with Crippen LogP contribution < -0.4 is 5.32 Å². The van der Waals surface area contributed by atoms with Crippen LogP contribution in [-0.4, -0.2) is 15.9 Å². The fraction of sp³-hybridized carbons (Fsp3) is 0.118. The summed E-state index contributed by atoms with van der Waals surface area (Å²) < 4.78 is 0. The van der Waals surface area contributed by atoms with Crippen LogP contribution in [0.1, 0.15) is 21.5 Å². The number of aryl methyl sites for hydroxylation is 2. The fourth-order valence-corrected chi connectivity index (χ4v) is 3.25. The normalized spacial score (nSPS) is 10.7. The van der Waals surface area contributed by atoms with Crippen molar-refractivity contribution in [2.24, 2.45) is 0 Å². The molecule has 3 rings (SSSR count). The highest BCUT2D eigenvalue weighted by molar-refractivity contribution is 7.14. The average Bonchev–Trinajstić information content (AvgIpc) is 2.98.